The van der Waals surface area contributed by atoms with E-state index >= 15 is 0 Å². The molecule has 0 saturated heterocycles. The summed E-state index contributed by atoms with van der Waals surface area (Å²) in [6.45, 7) is 6.28. The predicted octanol–water partition coefficient (Wildman–Crippen LogP) is 2.03. The quantitative estimate of drug-likeness (QED) is 0.724. The number of aliphatic hydroxyl groups excluding tert-OH is 1. The van der Waals surface area contributed by atoms with Gasteiger partial charge in [0.2, 0.25) is 0 Å². The van der Waals surface area contributed by atoms with Gasteiger partial charge >= 0.3 is 6.03 Å². The number of aromatic nitrogens is 3. The maximum atomic E-state index is 11.9. The van der Waals surface area contributed by atoms with Crippen molar-refractivity contribution in [2.24, 2.45) is 5.92 Å². The lowest BCUT2D eigenvalue weighted by Gasteiger charge is -2.17. The van der Waals surface area contributed by atoms with Crippen molar-refractivity contribution in [3.8, 4) is 5.69 Å². The van der Waals surface area contributed by atoms with Crippen LogP contribution in [-0.2, 0) is 0 Å². The molecule has 1 heterocycles. The summed E-state index contributed by atoms with van der Waals surface area (Å²) < 4.78 is 1.68. The Morgan fingerprint density at radius 1 is 1.25 bits per heavy atom. The summed E-state index contributed by atoms with van der Waals surface area (Å²) in [6.07, 6.45) is 3.55. The van der Waals surface area contributed by atoms with Crippen LogP contribution in [0.2, 0.25) is 0 Å². The van der Waals surface area contributed by atoms with Gasteiger partial charge in [-0.25, -0.2) is 9.48 Å². The predicted molar refractivity (Wildman–Crippen MR) is 91.8 cm³/mol. The standard InChI is InChI=1S/C17H25N5O2/c1-12(2)16(23)8-9-18-17(24)20-13(3)14-4-6-15(7-5-14)22-11-10-19-21-22/h4-7,10-13,16,23H,8-9H2,1-3H3,(H2,18,20,24). The third-order valence-electron chi connectivity index (χ3n) is 3.92. The van der Waals surface area contributed by atoms with Crippen molar-refractivity contribution in [3.05, 3.63) is 42.2 Å². The van der Waals surface area contributed by atoms with Gasteiger partial charge in [0.25, 0.3) is 0 Å². The molecule has 2 rings (SSSR count). The molecule has 1 aromatic heterocycles. The topological polar surface area (TPSA) is 92.1 Å². The molecule has 2 aromatic rings. The van der Waals surface area contributed by atoms with Gasteiger partial charge in [0, 0.05) is 6.54 Å². The van der Waals surface area contributed by atoms with Crippen LogP contribution in [0.3, 0.4) is 0 Å². The van der Waals surface area contributed by atoms with Crippen molar-refractivity contribution in [3.63, 3.8) is 0 Å². The van der Waals surface area contributed by atoms with E-state index in [1.807, 2.05) is 45.0 Å². The summed E-state index contributed by atoms with van der Waals surface area (Å²) in [5.74, 6) is 0.192. The number of carbonyl (C=O) groups is 1. The summed E-state index contributed by atoms with van der Waals surface area (Å²) >= 11 is 0. The van der Waals surface area contributed by atoms with E-state index in [1.165, 1.54) is 0 Å². The Bertz CT molecular complexity index is 625. The zero-order chi connectivity index (χ0) is 17.5. The van der Waals surface area contributed by atoms with Crippen molar-refractivity contribution in [1.82, 2.24) is 25.6 Å². The van der Waals surface area contributed by atoms with Crippen LogP contribution in [0.1, 0.15) is 38.8 Å². The number of hydrogen-bond donors (Lipinski definition) is 3. The highest BCUT2D eigenvalue weighted by atomic mass is 16.3. The number of nitrogens with one attached hydrogen (secondary N) is 2. The van der Waals surface area contributed by atoms with E-state index in [0.717, 1.165) is 11.3 Å². The van der Waals surface area contributed by atoms with Crippen LogP contribution < -0.4 is 10.6 Å². The summed E-state index contributed by atoms with van der Waals surface area (Å²) in [5.41, 5.74) is 1.91. The molecule has 0 radical (unpaired) electrons. The largest absolute Gasteiger partial charge is 0.393 e. The molecule has 2 unspecified atom stereocenters. The molecule has 0 fully saturated rings. The molecule has 1 aromatic carbocycles. The second-order valence-corrected chi connectivity index (χ2v) is 6.16. The Labute approximate surface area is 142 Å². The monoisotopic (exact) mass is 331 g/mol. The van der Waals surface area contributed by atoms with E-state index in [2.05, 4.69) is 20.9 Å². The zero-order valence-corrected chi connectivity index (χ0v) is 14.3. The van der Waals surface area contributed by atoms with E-state index in [9.17, 15) is 9.90 Å². The van der Waals surface area contributed by atoms with Crippen LogP contribution in [-0.4, -0.2) is 38.8 Å². The highest BCUT2D eigenvalue weighted by Gasteiger charge is 2.12. The van der Waals surface area contributed by atoms with Crippen molar-refractivity contribution >= 4 is 6.03 Å². The summed E-state index contributed by atoms with van der Waals surface area (Å²) in [4.78, 5) is 11.9. The first-order valence-corrected chi connectivity index (χ1v) is 8.16. The number of carbonyl (C=O) groups excluding carboxylic acids is 1. The molecule has 0 aliphatic heterocycles. The molecule has 0 aliphatic carbocycles. The molecule has 3 N–H and O–H groups in total. The number of urea groups is 1. The van der Waals surface area contributed by atoms with Gasteiger partial charge in [-0.15, -0.1) is 5.10 Å². The first-order chi connectivity index (χ1) is 11.5. The van der Waals surface area contributed by atoms with Gasteiger partial charge in [0.15, 0.2) is 0 Å². The molecule has 2 atom stereocenters. The number of hydrogen-bond acceptors (Lipinski definition) is 4. The zero-order valence-electron chi connectivity index (χ0n) is 14.3. The van der Waals surface area contributed by atoms with Gasteiger partial charge < -0.3 is 15.7 Å². The molecule has 0 saturated carbocycles. The summed E-state index contributed by atoms with van der Waals surface area (Å²) in [5, 5.41) is 23.1. The van der Waals surface area contributed by atoms with Gasteiger partial charge in [-0.3, -0.25) is 0 Å². The van der Waals surface area contributed by atoms with Crippen LogP contribution >= 0.6 is 0 Å². The minimum Gasteiger partial charge on any atom is -0.393 e. The first-order valence-electron chi connectivity index (χ1n) is 8.16. The van der Waals surface area contributed by atoms with Crippen molar-refractivity contribution in [2.75, 3.05) is 6.54 Å². The smallest absolute Gasteiger partial charge is 0.315 e. The van der Waals surface area contributed by atoms with Crippen LogP contribution in [0.4, 0.5) is 4.79 Å². The van der Waals surface area contributed by atoms with Crippen molar-refractivity contribution in [2.45, 2.75) is 39.3 Å². The molecular weight excluding hydrogens is 306 g/mol. The Hall–Kier alpha value is -2.41. The van der Waals surface area contributed by atoms with E-state index in [4.69, 9.17) is 0 Å². The molecule has 2 amide bonds. The highest BCUT2D eigenvalue weighted by Crippen LogP contribution is 2.15. The molecule has 0 aliphatic rings. The molecule has 0 spiro atoms. The van der Waals surface area contributed by atoms with Crippen LogP contribution in [0.15, 0.2) is 36.7 Å². The second-order valence-electron chi connectivity index (χ2n) is 6.16. The minimum atomic E-state index is -0.396. The normalized spacial score (nSPS) is 13.5. The minimum absolute atomic E-state index is 0.121. The fourth-order valence-electron chi connectivity index (χ4n) is 2.26. The van der Waals surface area contributed by atoms with Crippen molar-refractivity contribution < 1.29 is 9.90 Å². The van der Waals surface area contributed by atoms with Gasteiger partial charge in [-0.05, 0) is 37.0 Å². The van der Waals surface area contributed by atoms with E-state index < -0.39 is 6.10 Å². The van der Waals surface area contributed by atoms with E-state index in [1.54, 1.807) is 17.1 Å². The maximum Gasteiger partial charge on any atom is 0.315 e. The van der Waals surface area contributed by atoms with Gasteiger partial charge in [-0.1, -0.05) is 31.2 Å². The number of nitrogens with zero attached hydrogens (tertiary/aromatic N) is 3. The van der Waals surface area contributed by atoms with Crippen molar-refractivity contribution in [1.29, 1.82) is 0 Å². The fraction of sp³-hybridized carbons (Fsp3) is 0.471. The molecular formula is C17H25N5O2. The average Bonchev–Trinajstić information content (AvgIpc) is 3.09. The second kappa shape index (κ2) is 8.44. The molecule has 130 valence electrons. The Morgan fingerprint density at radius 2 is 1.96 bits per heavy atom. The molecule has 7 nitrogen and oxygen atoms in total. The van der Waals surface area contributed by atoms with Crippen LogP contribution in [0.5, 0.6) is 0 Å². The highest BCUT2D eigenvalue weighted by molar-refractivity contribution is 5.74. The third-order valence-corrected chi connectivity index (χ3v) is 3.92. The number of aliphatic hydroxyl groups is 1. The summed E-state index contributed by atoms with van der Waals surface area (Å²) in [6, 6.07) is 7.40. The maximum absolute atomic E-state index is 11.9. The number of amides is 2. The van der Waals surface area contributed by atoms with E-state index in [0.29, 0.717) is 13.0 Å². The Morgan fingerprint density at radius 3 is 2.54 bits per heavy atom. The lowest BCUT2D eigenvalue weighted by Crippen LogP contribution is -2.38. The third kappa shape index (κ3) is 5.06. The first kappa shape index (κ1) is 17.9. The molecule has 0 bridgehead atoms. The van der Waals surface area contributed by atoms with Crippen LogP contribution in [0, 0.1) is 5.92 Å². The van der Waals surface area contributed by atoms with Gasteiger partial charge in [0.1, 0.15) is 0 Å². The average molecular weight is 331 g/mol. The molecule has 7 heteroatoms. The fourth-order valence-corrected chi connectivity index (χ4v) is 2.26. The SMILES string of the molecule is CC(NC(=O)NCCC(O)C(C)C)c1ccc(-n2ccnn2)cc1. The van der Waals surface area contributed by atoms with Gasteiger partial charge in [-0.2, -0.15) is 0 Å². The lowest BCUT2D eigenvalue weighted by molar-refractivity contribution is 0.116. The Balaban J connectivity index is 1.81. The van der Waals surface area contributed by atoms with E-state index in [-0.39, 0.29) is 18.0 Å². The number of rotatable bonds is 7. The van der Waals surface area contributed by atoms with Gasteiger partial charge in [0.05, 0.1) is 30.2 Å². The number of benzene rings is 1. The van der Waals surface area contributed by atoms with Crippen LogP contribution in [0.25, 0.3) is 5.69 Å². The summed E-state index contributed by atoms with van der Waals surface area (Å²) in [7, 11) is 0. The Kier molecular flexibility index (Phi) is 6.31. The lowest BCUT2D eigenvalue weighted by atomic mass is 10.0. The molecule has 24 heavy (non-hydrogen) atoms.